The molecule has 0 aliphatic rings. The monoisotopic (exact) mass is 353 g/mol. The third-order valence-electron chi connectivity index (χ3n) is 4.79. The van der Waals surface area contributed by atoms with Gasteiger partial charge in [-0.3, -0.25) is 0 Å². The molecule has 0 saturated carbocycles. The highest BCUT2D eigenvalue weighted by molar-refractivity contribution is 5.36. The van der Waals surface area contributed by atoms with Gasteiger partial charge in [0.05, 0.1) is 12.4 Å². The molecule has 0 bridgehead atoms. The average molecular weight is 353 g/mol. The zero-order valence-electron chi connectivity index (χ0n) is 15.4. The van der Waals surface area contributed by atoms with Crippen LogP contribution in [0, 0.1) is 6.92 Å². The number of hydrogen-bond donors (Lipinski definition) is 1. The first kappa shape index (κ1) is 17.3. The molecule has 1 aromatic heterocycles. The van der Waals surface area contributed by atoms with E-state index in [-0.39, 0.29) is 6.04 Å². The fraction of sp³-hybridized carbons (Fsp3) is 0.125. The maximum absolute atomic E-state index is 4.10. The normalized spacial score (nSPS) is 12.0. The van der Waals surface area contributed by atoms with E-state index in [1.807, 2.05) is 17.1 Å². The molecular formula is C24H23N3. The summed E-state index contributed by atoms with van der Waals surface area (Å²) in [7, 11) is 0. The summed E-state index contributed by atoms with van der Waals surface area (Å²) in [6.45, 7) is 2.92. The number of imidazole rings is 1. The van der Waals surface area contributed by atoms with E-state index < -0.39 is 0 Å². The topological polar surface area (TPSA) is 29.9 Å². The molecule has 0 amide bonds. The molecule has 4 rings (SSSR count). The Morgan fingerprint density at radius 1 is 0.852 bits per heavy atom. The summed E-state index contributed by atoms with van der Waals surface area (Å²) in [6.07, 6.45) is 5.56. The number of rotatable bonds is 6. The molecule has 0 aliphatic heterocycles. The Bertz CT molecular complexity index is 957. The standard InChI is InChI=1S/C24H23N3/c1-19-7-11-22(12-8-19)24(21-5-3-2-4-6-21)26-17-20-9-13-23(14-10-20)27-16-15-25-18-27/h2-16,18,24,26H,17H2,1H3/t24-/m1/s1. The summed E-state index contributed by atoms with van der Waals surface area (Å²) in [5.74, 6) is 0. The van der Waals surface area contributed by atoms with Crippen LogP contribution in [0.15, 0.2) is 97.6 Å². The van der Waals surface area contributed by atoms with Gasteiger partial charge in [0.25, 0.3) is 0 Å². The third-order valence-corrected chi connectivity index (χ3v) is 4.79. The molecule has 4 aromatic rings. The predicted octanol–water partition coefficient (Wildman–Crippen LogP) is 5.06. The molecule has 0 unspecified atom stereocenters. The molecule has 0 fully saturated rings. The molecule has 134 valence electrons. The number of aromatic nitrogens is 2. The summed E-state index contributed by atoms with van der Waals surface area (Å²) in [5.41, 5.74) is 6.21. The number of nitrogens with zero attached hydrogens (tertiary/aromatic N) is 2. The zero-order chi connectivity index (χ0) is 18.5. The minimum Gasteiger partial charge on any atom is -0.306 e. The quantitative estimate of drug-likeness (QED) is 0.525. The van der Waals surface area contributed by atoms with Crippen LogP contribution < -0.4 is 5.32 Å². The van der Waals surface area contributed by atoms with Gasteiger partial charge in [0.2, 0.25) is 0 Å². The lowest BCUT2D eigenvalue weighted by Gasteiger charge is -2.20. The van der Waals surface area contributed by atoms with Crippen LogP contribution in [0.1, 0.15) is 28.3 Å². The van der Waals surface area contributed by atoms with Crippen LogP contribution in [0.3, 0.4) is 0 Å². The molecule has 0 spiro atoms. The van der Waals surface area contributed by atoms with E-state index in [1.165, 1.54) is 22.3 Å². The van der Waals surface area contributed by atoms with Crippen LogP contribution >= 0.6 is 0 Å². The van der Waals surface area contributed by atoms with Crippen molar-refractivity contribution in [3.8, 4) is 5.69 Å². The number of benzene rings is 3. The highest BCUT2D eigenvalue weighted by Gasteiger charge is 2.13. The molecule has 3 heteroatoms. The van der Waals surface area contributed by atoms with Crippen molar-refractivity contribution in [1.29, 1.82) is 0 Å². The fourth-order valence-electron chi connectivity index (χ4n) is 3.25. The molecule has 1 atom stereocenters. The van der Waals surface area contributed by atoms with Crippen molar-refractivity contribution in [2.24, 2.45) is 0 Å². The van der Waals surface area contributed by atoms with Crippen molar-refractivity contribution in [2.45, 2.75) is 19.5 Å². The highest BCUT2D eigenvalue weighted by Crippen LogP contribution is 2.23. The molecule has 0 aliphatic carbocycles. The average Bonchev–Trinajstić information content (AvgIpc) is 3.26. The Balaban J connectivity index is 1.52. The SMILES string of the molecule is Cc1ccc([C@H](NCc2ccc(-n3ccnc3)cc2)c2ccccc2)cc1. The van der Waals surface area contributed by atoms with Crippen molar-refractivity contribution in [1.82, 2.24) is 14.9 Å². The van der Waals surface area contributed by atoms with Crippen molar-refractivity contribution in [3.63, 3.8) is 0 Å². The lowest BCUT2D eigenvalue weighted by Crippen LogP contribution is -2.22. The molecule has 1 heterocycles. The maximum Gasteiger partial charge on any atom is 0.0991 e. The Labute approximate surface area is 160 Å². The van der Waals surface area contributed by atoms with Crippen molar-refractivity contribution in [3.05, 3.63) is 120 Å². The molecule has 3 aromatic carbocycles. The van der Waals surface area contributed by atoms with Gasteiger partial charge >= 0.3 is 0 Å². The maximum atomic E-state index is 4.10. The van der Waals surface area contributed by atoms with E-state index >= 15 is 0 Å². The Morgan fingerprint density at radius 3 is 2.22 bits per heavy atom. The van der Waals surface area contributed by atoms with Gasteiger partial charge < -0.3 is 9.88 Å². The first-order valence-corrected chi connectivity index (χ1v) is 9.22. The Kier molecular flexibility index (Phi) is 5.13. The van der Waals surface area contributed by atoms with E-state index in [0.29, 0.717) is 0 Å². The van der Waals surface area contributed by atoms with Crippen LogP contribution in [0.2, 0.25) is 0 Å². The van der Waals surface area contributed by atoms with Gasteiger partial charge in [-0.25, -0.2) is 4.98 Å². The van der Waals surface area contributed by atoms with Crippen LogP contribution in [0.25, 0.3) is 5.69 Å². The largest absolute Gasteiger partial charge is 0.306 e. The second-order valence-corrected chi connectivity index (χ2v) is 6.77. The molecule has 27 heavy (non-hydrogen) atoms. The Hall–Kier alpha value is -3.17. The van der Waals surface area contributed by atoms with Gasteiger partial charge in [-0.05, 0) is 35.7 Å². The summed E-state index contributed by atoms with van der Waals surface area (Å²) >= 11 is 0. The van der Waals surface area contributed by atoms with Crippen LogP contribution in [0.5, 0.6) is 0 Å². The predicted molar refractivity (Wildman–Crippen MR) is 110 cm³/mol. The minimum atomic E-state index is 0.167. The molecule has 0 radical (unpaired) electrons. The van der Waals surface area contributed by atoms with Crippen LogP contribution in [0.4, 0.5) is 0 Å². The molecular weight excluding hydrogens is 330 g/mol. The van der Waals surface area contributed by atoms with Crippen molar-refractivity contribution in [2.75, 3.05) is 0 Å². The van der Waals surface area contributed by atoms with Gasteiger partial charge in [-0.1, -0.05) is 72.3 Å². The second kappa shape index (κ2) is 8.02. The number of hydrogen-bond acceptors (Lipinski definition) is 2. The smallest absolute Gasteiger partial charge is 0.0991 e. The number of aryl methyl sites for hydroxylation is 1. The van der Waals surface area contributed by atoms with Gasteiger partial charge in [0.15, 0.2) is 0 Å². The van der Waals surface area contributed by atoms with E-state index in [2.05, 4.69) is 96.1 Å². The second-order valence-electron chi connectivity index (χ2n) is 6.77. The lowest BCUT2D eigenvalue weighted by molar-refractivity contribution is 0.605. The summed E-state index contributed by atoms with van der Waals surface area (Å²) < 4.78 is 2.01. The zero-order valence-corrected chi connectivity index (χ0v) is 15.4. The number of nitrogens with one attached hydrogen (secondary N) is 1. The first-order chi connectivity index (χ1) is 13.3. The van der Waals surface area contributed by atoms with Gasteiger partial charge in [-0.2, -0.15) is 0 Å². The van der Waals surface area contributed by atoms with Crippen LogP contribution in [-0.2, 0) is 6.54 Å². The van der Waals surface area contributed by atoms with Crippen molar-refractivity contribution < 1.29 is 0 Å². The lowest BCUT2D eigenvalue weighted by atomic mass is 9.97. The summed E-state index contributed by atoms with van der Waals surface area (Å²) in [4.78, 5) is 4.10. The van der Waals surface area contributed by atoms with Gasteiger partial charge in [-0.15, -0.1) is 0 Å². The van der Waals surface area contributed by atoms with E-state index in [1.54, 1.807) is 6.20 Å². The van der Waals surface area contributed by atoms with E-state index in [9.17, 15) is 0 Å². The highest BCUT2D eigenvalue weighted by atomic mass is 15.0. The van der Waals surface area contributed by atoms with Gasteiger partial charge in [0, 0.05) is 24.6 Å². The third kappa shape index (κ3) is 4.15. The minimum absolute atomic E-state index is 0.167. The van der Waals surface area contributed by atoms with Crippen LogP contribution in [-0.4, -0.2) is 9.55 Å². The fourth-order valence-corrected chi connectivity index (χ4v) is 3.25. The first-order valence-electron chi connectivity index (χ1n) is 9.22. The molecule has 1 N–H and O–H groups in total. The summed E-state index contributed by atoms with van der Waals surface area (Å²) in [5, 5.41) is 3.72. The summed E-state index contributed by atoms with van der Waals surface area (Å²) in [6, 6.07) is 28.1. The van der Waals surface area contributed by atoms with Crippen molar-refractivity contribution >= 4 is 0 Å². The van der Waals surface area contributed by atoms with Gasteiger partial charge in [0.1, 0.15) is 0 Å². The molecule has 0 saturated heterocycles. The van der Waals surface area contributed by atoms with E-state index in [4.69, 9.17) is 0 Å². The van der Waals surface area contributed by atoms with E-state index in [0.717, 1.165) is 12.2 Å². The Morgan fingerprint density at radius 2 is 1.56 bits per heavy atom. The molecule has 3 nitrogen and oxygen atoms in total.